The molecule has 0 radical (unpaired) electrons. The summed E-state index contributed by atoms with van der Waals surface area (Å²) in [6.45, 7) is 4.65. The maximum atomic E-state index is 11.2. The van der Waals surface area contributed by atoms with Gasteiger partial charge >= 0.3 is 0 Å². The van der Waals surface area contributed by atoms with Crippen LogP contribution < -0.4 is 10.1 Å². The Balaban J connectivity index is 1.51. The monoisotopic (exact) mass is 429 g/mol. The SMILES string of the molecule is CC1(C)Oc2c(ccc3ccsc23)C(NCC(c2ccccc2)c2ccccc2)C1O. The van der Waals surface area contributed by atoms with E-state index in [1.54, 1.807) is 11.3 Å². The summed E-state index contributed by atoms with van der Waals surface area (Å²) in [7, 11) is 0. The molecule has 2 unspecified atom stereocenters. The minimum Gasteiger partial charge on any atom is -0.483 e. The summed E-state index contributed by atoms with van der Waals surface area (Å²) in [6.07, 6.45) is -0.662. The standard InChI is InChI=1S/C27H27NO2S/c1-27(2)26(29)23(21-14-13-20-15-16-31-25(20)24(21)30-27)28-17-22(18-9-5-3-6-10-18)19-11-7-4-8-12-19/h3-16,22-23,26,28-29H,17H2,1-2H3. The minimum atomic E-state index is -0.683. The first-order valence-electron chi connectivity index (χ1n) is 10.7. The van der Waals surface area contributed by atoms with Crippen molar-refractivity contribution in [3.05, 3.63) is 101 Å². The van der Waals surface area contributed by atoms with E-state index in [1.165, 1.54) is 16.5 Å². The molecule has 2 atom stereocenters. The van der Waals surface area contributed by atoms with Gasteiger partial charge in [-0.2, -0.15) is 0 Å². The number of aliphatic hydroxyl groups is 1. The van der Waals surface area contributed by atoms with Gasteiger partial charge < -0.3 is 15.2 Å². The largest absolute Gasteiger partial charge is 0.483 e. The Morgan fingerprint density at radius 1 is 0.935 bits per heavy atom. The highest BCUT2D eigenvalue weighted by Gasteiger charge is 2.43. The van der Waals surface area contributed by atoms with Gasteiger partial charge in [-0.25, -0.2) is 0 Å². The lowest BCUT2D eigenvalue weighted by molar-refractivity contribution is -0.0634. The van der Waals surface area contributed by atoms with Gasteiger partial charge in [0.05, 0.1) is 10.7 Å². The van der Waals surface area contributed by atoms with Crippen LogP contribution in [-0.4, -0.2) is 23.4 Å². The Morgan fingerprint density at radius 3 is 2.23 bits per heavy atom. The molecule has 31 heavy (non-hydrogen) atoms. The number of nitrogens with one attached hydrogen (secondary N) is 1. The van der Waals surface area contributed by atoms with Crippen LogP contribution in [0.5, 0.6) is 5.75 Å². The lowest BCUT2D eigenvalue weighted by Crippen LogP contribution is -2.53. The summed E-state index contributed by atoms with van der Waals surface area (Å²) >= 11 is 1.69. The molecule has 2 N–H and O–H groups in total. The second kappa shape index (κ2) is 8.12. The summed E-state index contributed by atoms with van der Waals surface area (Å²) < 4.78 is 7.48. The van der Waals surface area contributed by atoms with Crippen LogP contribution in [0, 0.1) is 0 Å². The maximum absolute atomic E-state index is 11.2. The van der Waals surface area contributed by atoms with Crippen LogP contribution >= 0.6 is 11.3 Å². The Bertz CT molecular complexity index is 1130. The molecule has 1 aliphatic heterocycles. The fraction of sp³-hybridized carbons (Fsp3) is 0.259. The van der Waals surface area contributed by atoms with Crippen LogP contribution in [0.15, 0.2) is 84.2 Å². The lowest BCUT2D eigenvalue weighted by atomic mass is 9.85. The first kappa shape index (κ1) is 20.3. The number of fused-ring (bicyclic) bond motifs is 3. The zero-order valence-corrected chi connectivity index (χ0v) is 18.6. The Labute approximate surface area is 187 Å². The van der Waals surface area contributed by atoms with Crippen LogP contribution in [0.1, 0.15) is 42.5 Å². The molecule has 0 saturated carbocycles. The molecule has 0 aliphatic carbocycles. The maximum Gasteiger partial charge on any atom is 0.142 e. The number of rotatable bonds is 5. The van der Waals surface area contributed by atoms with E-state index >= 15 is 0 Å². The molecule has 0 amide bonds. The van der Waals surface area contributed by atoms with Crippen molar-refractivity contribution in [2.24, 2.45) is 0 Å². The molecule has 0 spiro atoms. The average Bonchev–Trinajstić information content (AvgIpc) is 3.27. The fourth-order valence-electron chi connectivity index (χ4n) is 4.53. The van der Waals surface area contributed by atoms with Crippen LogP contribution in [0.4, 0.5) is 0 Å². The number of hydrogen-bond acceptors (Lipinski definition) is 4. The molecule has 3 nitrogen and oxygen atoms in total. The molecular formula is C27H27NO2S. The zero-order chi connectivity index (χ0) is 21.4. The van der Waals surface area contributed by atoms with Gasteiger partial charge in [0, 0.05) is 18.0 Å². The molecular weight excluding hydrogens is 402 g/mol. The summed E-state index contributed by atoms with van der Waals surface area (Å²) in [5, 5.41) is 18.2. The molecule has 3 aromatic carbocycles. The summed E-state index contributed by atoms with van der Waals surface area (Å²) in [5.41, 5.74) is 2.87. The van der Waals surface area contributed by atoms with Crippen molar-refractivity contribution in [3.8, 4) is 5.75 Å². The van der Waals surface area contributed by atoms with Crippen molar-refractivity contribution in [2.75, 3.05) is 6.54 Å². The normalized spacial score (nSPS) is 19.9. The van der Waals surface area contributed by atoms with Crippen molar-refractivity contribution in [3.63, 3.8) is 0 Å². The zero-order valence-electron chi connectivity index (χ0n) is 17.8. The Hall–Kier alpha value is -2.66. The van der Waals surface area contributed by atoms with Crippen molar-refractivity contribution >= 4 is 21.4 Å². The molecule has 0 fully saturated rings. The van der Waals surface area contributed by atoms with Crippen LogP contribution in [0.2, 0.25) is 0 Å². The highest BCUT2D eigenvalue weighted by molar-refractivity contribution is 7.17. The summed E-state index contributed by atoms with van der Waals surface area (Å²) in [5.74, 6) is 1.09. The minimum absolute atomic E-state index is 0.189. The van der Waals surface area contributed by atoms with E-state index in [0.29, 0.717) is 6.54 Å². The second-order valence-corrected chi connectivity index (χ2v) is 9.65. The fourth-order valence-corrected chi connectivity index (χ4v) is 5.42. The Morgan fingerprint density at radius 2 is 1.58 bits per heavy atom. The number of thiophene rings is 1. The van der Waals surface area contributed by atoms with Gasteiger partial charge in [0.1, 0.15) is 17.5 Å². The predicted molar refractivity (Wildman–Crippen MR) is 128 cm³/mol. The first-order valence-corrected chi connectivity index (χ1v) is 11.6. The van der Waals surface area contributed by atoms with Crippen LogP contribution in [0.3, 0.4) is 0 Å². The number of aliphatic hydroxyl groups excluding tert-OH is 1. The summed E-state index contributed by atoms with van der Waals surface area (Å²) in [4.78, 5) is 0. The van der Waals surface area contributed by atoms with Crippen LogP contribution in [0.25, 0.3) is 10.1 Å². The predicted octanol–water partition coefficient (Wildman–Crippen LogP) is 5.90. The van der Waals surface area contributed by atoms with Gasteiger partial charge in [0.25, 0.3) is 0 Å². The van der Waals surface area contributed by atoms with E-state index in [0.717, 1.165) is 16.0 Å². The highest BCUT2D eigenvalue weighted by Crippen LogP contribution is 2.45. The molecule has 4 aromatic rings. The van der Waals surface area contributed by atoms with Gasteiger partial charge in [-0.05, 0) is 41.8 Å². The lowest BCUT2D eigenvalue weighted by Gasteiger charge is -2.43. The number of ether oxygens (including phenoxy) is 1. The molecule has 1 aliphatic rings. The highest BCUT2D eigenvalue weighted by atomic mass is 32.1. The van der Waals surface area contributed by atoms with E-state index in [2.05, 4.69) is 77.4 Å². The van der Waals surface area contributed by atoms with Crippen molar-refractivity contribution < 1.29 is 9.84 Å². The number of benzene rings is 3. The van der Waals surface area contributed by atoms with Gasteiger partial charge in [-0.15, -0.1) is 11.3 Å². The van der Waals surface area contributed by atoms with Crippen molar-refractivity contribution in [1.82, 2.24) is 5.32 Å². The van der Waals surface area contributed by atoms with Crippen LogP contribution in [-0.2, 0) is 0 Å². The number of hydrogen-bond donors (Lipinski definition) is 2. The van der Waals surface area contributed by atoms with E-state index in [9.17, 15) is 5.11 Å². The second-order valence-electron chi connectivity index (χ2n) is 8.73. The molecule has 4 heteroatoms. The van der Waals surface area contributed by atoms with Gasteiger partial charge in [-0.3, -0.25) is 0 Å². The van der Waals surface area contributed by atoms with E-state index in [4.69, 9.17) is 4.74 Å². The van der Waals surface area contributed by atoms with E-state index in [-0.39, 0.29) is 12.0 Å². The average molecular weight is 430 g/mol. The molecule has 1 aromatic heterocycles. The van der Waals surface area contributed by atoms with Crippen molar-refractivity contribution in [1.29, 1.82) is 0 Å². The quantitative estimate of drug-likeness (QED) is 0.415. The Kier molecular flexibility index (Phi) is 5.30. The van der Waals surface area contributed by atoms with Gasteiger partial charge in [0.15, 0.2) is 0 Å². The smallest absolute Gasteiger partial charge is 0.142 e. The van der Waals surface area contributed by atoms with E-state index in [1.807, 2.05) is 26.0 Å². The van der Waals surface area contributed by atoms with E-state index < -0.39 is 11.7 Å². The van der Waals surface area contributed by atoms with Gasteiger partial charge in [-0.1, -0.05) is 72.8 Å². The molecule has 2 heterocycles. The molecule has 158 valence electrons. The molecule has 0 saturated heterocycles. The first-order chi connectivity index (χ1) is 15.0. The van der Waals surface area contributed by atoms with Gasteiger partial charge in [0.2, 0.25) is 0 Å². The molecule has 0 bridgehead atoms. The third-order valence-electron chi connectivity index (χ3n) is 6.28. The molecule has 5 rings (SSSR count). The third kappa shape index (κ3) is 3.76. The summed E-state index contributed by atoms with van der Waals surface area (Å²) in [6, 6.07) is 27.3. The third-order valence-corrected chi connectivity index (χ3v) is 7.21. The topological polar surface area (TPSA) is 41.5 Å². The van der Waals surface area contributed by atoms with Crippen molar-refractivity contribution in [2.45, 2.75) is 37.5 Å².